The largest absolute Gasteiger partial charge is 0.495 e. The number of nitrogens with zero attached hydrogens (tertiary/aromatic N) is 5. The molecule has 1 aliphatic rings. The normalized spacial score (nSPS) is 14.5. The van der Waals surface area contributed by atoms with E-state index in [0.717, 1.165) is 11.4 Å². The fraction of sp³-hybridized carbons (Fsp3) is 0.368. The zero-order valence-corrected chi connectivity index (χ0v) is 15.8. The van der Waals surface area contributed by atoms with Crippen LogP contribution in [0.1, 0.15) is 5.69 Å². The predicted octanol–water partition coefficient (Wildman–Crippen LogP) is 1.05. The second-order valence-corrected chi connectivity index (χ2v) is 6.67. The molecule has 3 heterocycles. The zero-order valence-electron chi connectivity index (χ0n) is 15.8. The molecular weight excluding hydrogens is 362 g/mol. The number of benzene rings is 1. The first kappa shape index (κ1) is 18.0. The lowest BCUT2D eigenvalue weighted by Crippen LogP contribution is -2.50. The summed E-state index contributed by atoms with van der Waals surface area (Å²) in [5.74, 6) is 0.703. The molecule has 2 aromatic heterocycles. The molecule has 0 unspecified atom stereocenters. The molecule has 1 saturated heterocycles. The Morgan fingerprint density at radius 1 is 1.21 bits per heavy atom. The van der Waals surface area contributed by atoms with Crippen molar-refractivity contribution in [1.82, 2.24) is 19.6 Å². The van der Waals surface area contributed by atoms with E-state index in [9.17, 15) is 9.59 Å². The standard InChI is InChI=1S/C19H21N5O4/c1-13-17-18(28-21-13)20-12-24(19(17)26)11-16(25)23-9-7-22(8-10-23)14-5-3-4-6-15(14)27-2/h3-6,12H,7-11H2,1-2H3. The number of aryl methyl sites for hydroxylation is 1. The van der Waals surface area contributed by atoms with Crippen LogP contribution in [0.2, 0.25) is 0 Å². The minimum Gasteiger partial charge on any atom is -0.495 e. The van der Waals surface area contributed by atoms with E-state index < -0.39 is 0 Å². The Labute approximate surface area is 161 Å². The van der Waals surface area contributed by atoms with Gasteiger partial charge in [-0.3, -0.25) is 14.2 Å². The summed E-state index contributed by atoms with van der Waals surface area (Å²) in [6.45, 7) is 4.17. The molecular formula is C19H21N5O4. The van der Waals surface area contributed by atoms with Gasteiger partial charge in [0.05, 0.1) is 18.5 Å². The summed E-state index contributed by atoms with van der Waals surface area (Å²) in [4.78, 5) is 33.3. The van der Waals surface area contributed by atoms with Crippen LogP contribution in [0.3, 0.4) is 0 Å². The molecule has 0 spiro atoms. The lowest BCUT2D eigenvalue weighted by atomic mass is 10.2. The van der Waals surface area contributed by atoms with E-state index in [0.29, 0.717) is 37.3 Å². The van der Waals surface area contributed by atoms with Crippen LogP contribution >= 0.6 is 0 Å². The first-order chi connectivity index (χ1) is 13.6. The van der Waals surface area contributed by atoms with Crippen molar-refractivity contribution in [2.75, 3.05) is 38.2 Å². The number of hydrogen-bond donors (Lipinski definition) is 0. The molecule has 1 aliphatic heterocycles. The van der Waals surface area contributed by atoms with Crippen LogP contribution in [-0.2, 0) is 11.3 Å². The molecule has 0 radical (unpaired) electrons. The Bertz CT molecular complexity index is 1070. The quantitative estimate of drug-likeness (QED) is 0.665. The van der Waals surface area contributed by atoms with E-state index in [1.54, 1.807) is 18.9 Å². The van der Waals surface area contributed by atoms with E-state index in [1.165, 1.54) is 10.9 Å². The summed E-state index contributed by atoms with van der Waals surface area (Å²) in [6.07, 6.45) is 1.33. The minimum atomic E-state index is -0.315. The van der Waals surface area contributed by atoms with Gasteiger partial charge < -0.3 is 19.1 Å². The minimum absolute atomic E-state index is 0.0545. The molecule has 0 saturated carbocycles. The second-order valence-electron chi connectivity index (χ2n) is 6.67. The number of rotatable bonds is 4. The van der Waals surface area contributed by atoms with Gasteiger partial charge in [0.2, 0.25) is 5.91 Å². The topological polar surface area (TPSA) is 93.7 Å². The van der Waals surface area contributed by atoms with Crippen LogP contribution in [0, 0.1) is 6.92 Å². The maximum atomic E-state index is 12.7. The lowest BCUT2D eigenvalue weighted by Gasteiger charge is -2.36. The van der Waals surface area contributed by atoms with Gasteiger partial charge in [0, 0.05) is 26.2 Å². The smallest absolute Gasteiger partial charge is 0.267 e. The van der Waals surface area contributed by atoms with Crippen LogP contribution < -0.4 is 15.2 Å². The number of methoxy groups -OCH3 is 1. The Kier molecular flexibility index (Phi) is 4.72. The Balaban J connectivity index is 1.44. The highest BCUT2D eigenvalue weighted by Gasteiger charge is 2.23. The van der Waals surface area contributed by atoms with Crippen LogP contribution in [0.25, 0.3) is 11.1 Å². The van der Waals surface area contributed by atoms with Crippen molar-refractivity contribution in [3.05, 3.63) is 46.6 Å². The number of carbonyl (C=O) groups excluding carboxylic acids is 1. The maximum Gasteiger partial charge on any atom is 0.267 e. The average Bonchev–Trinajstić information content (AvgIpc) is 3.11. The highest BCUT2D eigenvalue weighted by atomic mass is 16.5. The van der Waals surface area contributed by atoms with Gasteiger partial charge in [0.25, 0.3) is 11.3 Å². The van der Waals surface area contributed by atoms with Crippen molar-refractivity contribution in [2.24, 2.45) is 0 Å². The number of piperazine rings is 1. The van der Waals surface area contributed by atoms with Gasteiger partial charge in [-0.05, 0) is 19.1 Å². The molecule has 0 bridgehead atoms. The first-order valence-corrected chi connectivity index (χ1v) is 9.05. The highest BCUT2D eigenvalue weighted by molar-refractivity contribution is 5.78. The summed E-state index contributed by atoms with van der Waals surface area (Å²) >= 11 is 0. The van der Waals surface area contributed by atoms with Gasteiger partial charge in [0.1, 0.15) is 24.0 Å². The molecule has 9 heteroatoms. The van der Waals surface area contributed by atoms with E-state index in [-0.39, 0.29) is 23.7 Å². The van der Waals surface area contributed by atoms with E-state index >= 15 is 0 Å². The van der Waals surface area contributed by atoms with Gasteiger partial charge in [0.15, 0.2) is 0 Å². The summed E-state index contributed by atoms with van der Waals surface area (Å²) in [5, 5.41) is 4.07. The molecule has 1 amide bonds. The fourth-order valence-electron chi connectivity index (χ4n) is 3.46. The third-order valence-electron chi connectivity index (χ3n) is 5.00. The van der Waals surface area contributed by atoms with Gasteiger partial charge in [-0.25, -0.2) is 4.98 Å². The van der Waals surface area contributed by atoms with Crippen LogP contribution in [-0.4, -0.2) is 58.8 Å². The van der Waals surface area contributed by atoms with E-state index in [4.69, 9.17) is 9.26 Å². The molecule has 0 aliphatic carbocycles. The van der Waals surface area contributed by atoms with Crippen molar-refractivity contribution < 1.29 is 14.1 Å². The molecule has 146 valence electrons. The molecule has 28 heavy (non-hydrogen) atoms. The molecule has 1 aromatic carbocycles. The maximum absolute atomic E-state index is 12.7. The number of anilines is 1. The van der Waals surface area contributed by atoms with Crippen molar-refractivity contribution in [1.29, 1.82) is 0 Å². The molecule has 4 rings (SSSR count). The van der Waals surface area contributed by atoms with Crippen molar-refractivity contribution in [3.8, 4) is 5.75 Å². The fourth-order valence-corrected chi connectivity index (χ4v) is 3.46. The Morgan fingerprint density at radius 3 is 2.71 bits per heavy atom. The van der Waals surface area contributed by atoms with Crippen LogP contribution in [0.4, 0.5) is 5.69 Å². The van der Waals surface area contributed by atoms with Crippen molar-refractivity contribution in [3.63, 3.8) is 0 Å². The summed E-state index contributed by atoms with van der Waals surface area (Å²) in [7, 11) is 1.65. The number of amides is 1. The monoisotopic (exact) mass is 383 g/mol. The van der Waals surface area contributed by atoms with Crippen LogP contribution in [0.5, 0.6) is 5.75 Å². The van der Waals surface area contributed by atoms with Gasteiger partial charge in [-0.15, -0.1) is 0 Å². The van der Waals surface area contributed by atoms with Gasteiger partial charge in [-0.2, -0.15) is 0 Å². The Hall–Kier alpha value is -3.36. The number of fused-ring (bicyclic) bond motifs is 1. The summed E-state index contributed by atoms with van der Waals surface area (Å²) < 4.78 is 11.7. The molecule has 0 N–H and O–H groups in total. The molecule has 1 fully saturated rings. The van der Waals surface area contributed by atoms with E-state index in [2.05, 4.69) is 15.0 Å². The molecule has 3 aromatic rings. The first-order valence-electron chi connectivity index (χ1n) is 9.05. The van der Waals surface area contributed by atoms with Crippen molar-refractivity contribution >= 4 is 22.7 Å². The molecule has 9 nitrogen and oxygen atoms in total. The van der Waals surface area contributed by atoms with Gasteiger partial charge >= 0.3 is 0 Å². The Morgan fingerprint density at radius 2 is 1.96 bits per heavy atom. The summed E-state index contributed by atoms with van der Waals surface area (Å²) in [5.41, 5.74) is 1.37. The number of aromatic nitrogens is 3. The van der Waals surface area contributed by atoms with E-state index in [1.807, 2.05) is 24.3 Å². The summed E-state index contributed by atoms with van der Waals surface area (Å²) in [6, 6.07) is 7.84. The SMILES string of the molecule is COc1ccccc1N1CCN(C(=O)Cn2cnc3onc(C)c3c2=O)CC1. The lowest BCUT2D eigenvalue weighted by molar-refractivity contribution is -0.132. The van der Waals surface area contributed by atoms with Gasteiger partial charge in [-0.1, -0.05) is 17.3 Å². The predicted molar refractivity (Wildman–Crippen MR) is 103 cm³/mol. The van der Waals surface area contributed by atoms with Crippen LogP contribution in [0.15, 0.2) is 39.9 Å². The zero-order chi connectivity index (χ0) is 19.7. The van der Waals surface area contributed by atoms with Crippen molar-refractivity contribution in [2.45, 2.75) is 13.5 Å². The second kappa shape index (κ2) is 7.34. The highest BCUT2D eigenvalue weighted by Crippen LogP contribution is 2.28. The number of hydrogen-bond acceptors (Lipinski definition) is 7. The number of carbonyl (C=O) groups is 1. The third kappa shape index (κ3) is 3.19. The number of ether oxygens (including phenoxy) is 1. The number of para-hydroxylation sites is 2. The average molecular weight is 383 g/mol. The third-order valence-corrected chi connectivity index (χ3v) is 5.00. The molecule has 0 atom stereocenters.